The number of para-hydroxylation sites is 1. The fraction of sp³-hybridized carbons (Fsp3) is 0.500. The zero-order chi connectivity index (χ0) is 21.6. The molecule has 0 radical (unpaired) electrons. The van der Waals surface area contributed by atoms with Crippen molar-refractivity contribution in [3.05, 3.63) is 29.8 Å². The van der Waals surface area contributed by atoms with Crippen LogP contribution in [0.1, 0.15) is 32.8 Å². The fourth-order valence-corrected chi connectivity index (χ4v) is 3.07. The van der Waals surface area contributed by atoms with E-state index >= 15 is 0 Å². The van der Waals surface area contributed by atoms with Crippen molar-refractivity contribution in [2.24, 2.45) is 5.92 Å². The number of carbonyl (C=O) groups excluding carboxylic acids is 4. The number of urea groups is 2. The molecule has 0 bridgehead atoms. The molecule has 1 saturated heterocycles. The van der Waals surface area contributed by atoms with Crippen LogP contribution < -0.4 is 20.7 Å². The number of amides is 6. The smallest absolute Gasteiger partial charge is 0.325 e. The van der Waals surface area contributed by atoms with Gasteiger partial charge in [-0.25, -0.2) is 9.59 Å². The summed E-state index contributed by atoms with van der Waals surface area (Å²) in [5.41, 5.74) is -0.465. The van der Waals surface area contributed by atoms with Crippen LogP contribution in [0, 0.1) is 5.92 Å². The highest BCUT2D eigenvalue weighted by molar-refractivity contribution is 6.09. The van der Waals surface area contributed by atoms with Crippen LogP contribution in [0.5, 0.6) is 5.75 Å². The van der Waals surface area contributed by atoms with E-state index in [0.717, 1.165) is 16.9 Å². The Hall–Kier alpha value is -3.10. The van der Waals surface area contributed by atoms with E-state index in [1.54, 1.807) is 19.1 Å². The number of benzene rings is 1. The van der Waals surface area contributed by atoms with Gasteiger partial charge >= 0.3 is 12.1 Å². The van der Waals surface area contributed by atoms with Gasteiger partial charge in [-0.2, -0.15) is 0 Å². The second-order valence-corrected chi connectivity index (χ2v) is 7.63. The summed E-state index contributed by atoms with van der Waals surface area (Å²) in [6.07, 6.45) is 0.978. The van der Waals surface area contributed by atoms with Crippen LogP contribution in [0.3, 0.4) is 0 Å². The second-order valence-electron chi connectivity index (χ2n) is 7.63. The first-order valence-corrected chi connectivity index (χ1v) is 9.50. The molecule has 0 spiro atoms. The first-order valence-electron chi connectivity index (χ1n) is 9.50. The van der Waals surface area contributed by atoms with Crippen LogP contribution in [-0.4, -0.2) is 54.5 Å². The molecule has 1 aliphatic rings. The van der Waals surface area contributed by atoms with E-state index in [1.165, 1.54) is 7.11 Å². The van der Waals surface area contributed by atoms with E-state index in [2.05, 4.69) is 16.0 Å². The molecule has 0 saturated carbocycles. The molecule has 158 valence electrons. The van der Waals surface area contributed by atoms with Crippen molar-refractivity contribution in [3.63, 3.8) is 0 Å². The molecule has 6 amide bonds. The Morgan fingerprint density at radius 3 is 2.59 bits per heavy atom. The van der Waals surface area contributed by atoms with Crippen LogP contribution >= 0.6 is 0 Å². The standard InChI is InChI=1S/C20H28N4O5/c1-13(2)9-10-21-18(27)22-16(25)12-24-17(26)20(3,23-19(24)28)11-14-7-5-6-8-15(14)29-4/h5-8,13H,9-12H2,1-4H3,(H,23,28)(H2,21,22,25,27)/t20-/m1/s1. The molecule has 1 aliphatic heterocycles. The number of nitrogens with one attached hydrogen (secondary N) is 3. The van der Waals surface area contributed by atoms with Crippen LogP contribution in [0.15, 0.2) is 24.3 Å². The lowest BCUT2D eigenvalue weighted by molar-refractivity contribution is -0.134. The largest absolute Gasteiger partial charge is 0.496 e. The minimum absolute atomic E-state index is 0.204. The average Bonchev–Trinajstić information content (AvgIpc) is 2.84. The predicted molar refractivity (Wildman–Crippen MR) is 106 cm³/mol. The van der Waals surface area contributed by atoms with Crippen molar-refractivity contribution in [1.29, 1.82) is 0 Å². The molecule has 1 aromatic rings. The molecule has 0 aliphatic carbocycles. The minimum Gasteiger partial charge on any atom is -0.496 e. The van der Waals surface area contributed by atoms with Gasteiger partial charge in [-0.1, -0.05) is 32.0 Å². The fourth-order valence-electron chi connectivity index (χ4n) is 3.07. The van der Waals surface area contributed by atoms with Crippen molar-refractivity contribution in [1.82, 2.24) is 20.9 Å². The number of rotatable bonds is 8. The highest BCUT2D eigenvalue weighted by Crippen LogP contribution is 2.27. The Labute approximate surface area is 170 Å². The van der Waals surface area contributed by atoms with Crippen LogP contribution in [0.4, 0.5) is 9.59 Å². The van der Waals surface area contributed by atoms with Crippen molar-refractivity contribution in [2.45, 2.75) is 39.2 Å². The van der Waals surface area contributed by atoms with E-state index in [-0.39, 0.29) is 6.42 Å². The summed E-state index contributed by atoms with van der Waals surface area (Å²) >= 11 is 0. The number of carbonyl (C=O) groups is 4. The Morgan fingerprint density at radius 2 is 1.93 bits per heavy atom. The van der Waals surface area contributed by atoms with Gasteiger partial charge in [0.25, 0.3) is 5.91 Å². The van der Waals surface area contributed by atoms with Gasteiger partial charge in [-0.15, -0.1) is 0 Å². The maximum Gasteiger partial charge on any atom is 0.325 e. The highest BCUT2D eigenvalue weighted by atomic mass is 16.5. The van der Waals surface area contributed by atoms with Crippen molar-refractivity contribution in [3.8, 4) is 5.75 Å². The average molecular weight is 404 g/mol. The molecule has 1 atom stereocenters. The number of ether oxygens (including phenoxy) is 1. The quantitative estimate of drug-likeness (QED) is 0.567. The van der Waals surface area contributed by atoms with Crippen LogP contribution in [0.2, 0.25) is 0 Å². The third kappa shape index (κ3) is 5.69. The predicted octanol–water partition coefficient (Wildman–Crippen LogP) is 1.42. The van der Waals surface area contributed by atoms with E-state index < -0.39 is 36.0 Å². The lowest BCUT2D eigenvalue weighted by Gasteiger charge is -2.22. The third-order valence-corrected chi connectivity index (χ3v) is 4.64. The Kier molecular flexibility index (Phi) is 7.19. The first-order chi connectivity index (χ1) is 13.7. The van der Waals surface area contributed by atoms with Gasteiger partial charge in [0.15, 0.2) is 0 Å². The van der Waals surface area contributed by atoms with Gasteiger partial charge in [0.05, 0.1) is 7.11 Å². The van der Waals surface area contributed by atoms with Crippen LogP contribution in [-0.2, 0) is 16.0 Å². The lowest BCUT2D eigenvalue weighted by Crippen LogP contribution is -2.48. The van der Waals surface area contributed by atoms with Gasteiger partial charge in [0.2, 0.25) is 5.91 Å². The number of hydrogen-bond donors (Lipinski definition) is 3. The zero-order valence-electron chi connectivity index (χ0n) is 17.2. The molecule has 9 nitrogen and oxygen atoms in total. The van der Waals surface area contributed by atoms with Gasteiger partial charge in [-0.05, 0) is 30.9 Å². The molecule has 1 heterocycles. The summed E-state index contributed by atoms with van der Waals surface area (Å²) in [5.74, 6) is -0.260. The summed E-state index contributed by atoms with van der Waals surface area (Å²) < 4.78 is 5.30. The van der Waals surface area contributed by atoms with Gasteiger partial charge in [-0.3, -0.25) is 19.8 Å². The minimum atomic E-state index is -1.22. The summed E-state index contributed by atoms with van der Waals surface area (Å²) in [6, 6.07) is 5.86. The molecule has 3 N–H and O–H groups in total. The molecule has 2 rings (SSSR count). The molecule has 9 heteroatoms. The monoisotopic (exact) mass is 404 g/mol. The van der Waals surface area contributed by atoms with E-state index in [0.29, 0.717) is 18.2 Å². The molecular weight excluding hydrogens is 376 g/mol. The SMILES string of the molecule is COc1ccccc1C[C@@]1(C)NC(=O)N(CC(=O)NC(=O)NCCC(C)C)C1=O. The van der Waals surface area contributed by atoms with Crippen molar-refractivity contribution < 1.29 is 23.9 Å². The maximum absolute atomic E-state index is 12.8. The molecule has 29 heavy (non-hydrogen) atoms. The Bertz CT molecular complexity index is 795. The summed E-state index contributed by atoms with van der Waals surface area (Å²) in [5, 5.41) is 7.34. The van der Waals surface area contributed by atoms with E-state index in [4.69, 9.17) is 4.74 Å². The van der Waals surface area contributed by atoms with Crippen molar-refractivity contribution >= 4 is 23.9 Å². The second kappa shape index (κ2) is 9.40. The van der Waals surface area contributed by atoms with Crippen molar-refractivity contribution in [2.75, 3.05) is 20.2 Å². The number of hydrogen-bond acceptors (Lipinski definition) is 5. The molecule has 0 unspecified atom stereocenters. The van der Waals surface area contributed by atoms with Gasteiger partial charge in [0, 0.05) is 13.0 Å². The molecule has 1 aromatic carbocycles. The number of imide groups is 2. The topological polar surface area (TPSA) is 117 Å². The van der Waals surface area contributed by atoms with E-state index in [9.17, 15) is 19.2 Å². The number of nitrogens with zero attached hydrogens (tertiary/aromatic N) is 1. The van der Waals surface area contributed by atoms with Crippen LogP contribution in [0.25, 0.3) is 0 Å². The van der Waals surface area contributed by atoms with E-state index in [1.807, 2.05) is 26.0 Å². The number of methoxy groups -OCH3 is 1. The maximum atomic E-state index is 12.8. The molecule has 0 aromatic heterocycles. The Morgan fingerprint density at radius 1 is 1.24 bits per heavy atom. The lowest BCUT2D eigenvalue weighted by atomic mass is 9.92. The first kappa shape index (κ1) is 22.2. The highest BCUT2D eigenvalue weighted by Gasteiger charge is 2.48. The zero-order valence-corrected chi connectivity index (χ0v) is 17.2. The third-order valence-electron chi connectivity index (χ3n) is 4.64. The summed E-state index contributed by atoms with van der Waals surface area (Å²) in [6.45, 7) is 5.52. The van der Waals surface area contributed by atoms with Gasteiger partial charge in [0.1, 0.15) is 17.8 Å². The Balaban J connectivity index is 1.97. The normalized spacial score (nSPS) is 18.6. The summed E-state index contributed by atoms with van der Waals surface area (Å²) in [7, 11) is 1.53. The summed E-state index contributed by atoms with van der Waals surface area (Å²) in [4.78, 5) is 49.8. The van der Waals surface area contributed by atoms with Gasteiger partial charge < -0.3 is 15.4 Å². The molecular formula is C20H28N4O5. The molecule has 1 fully saturated rings.